The first kappa shape index (κ1) is 15.0. The van der Waals surface area contributed by atoms with Crippen LogP contribution in [0.1, 0.15) is 0 Å². The molecule has 0 amide bonds. The van der Waals surface area contributed by atoms with Crippen LogP contribution in [0.4, 0.5) is 0 Å². The number of hydrogen-bond donors (Lipinski definition) is 1. The Balaban J connectivity index is 0.000000246. The summed E-state index contributed by atoms with van der Waals surface area (Å²) in [5, 5.41) is 8.58. The molecule has 0 atom stereocenters. The first-order valence-corrected chi connectivity index (χ1v) is 4.81. The second-order valence-corrected chi connectivity index (χ2v) is 3.37. The van der Waals surface area contributed by atoms with Gasteiger partial charge in [-0.15, -0.1) is 0 Å². The van der Waals surface area contributed by atoms with Gasteiger partial charge in [-0.3, -0.25) is 0 Å². The third-order valence-electron chi connectivity index (χ3n) is 1.57. The molecular formula is C11H11BrFeO+2. The topological polar surface area (TPSA) is 20.2 Å². The van der Waals surface area contributed by atoms with Crippen molar-refractivity contribution in [2.24, 2.45) is 0 Å². The van der Waals surface area contributed by atoms with Gasteiger partial charge in [-0.2, -0.15) is 0 Å². The zero-order valence-electron chi connectivity index (χ0n) is 7.50. The summed E-state index contributed by atoms with van der Waals surface area (Å²) >= 11 is 3.27. The largest absolute Gasteiger partial charge is 2.00 e. The molecule has 2 fully saturated rings. The van der Waals surface area contributed by atoms with Crippen molar-refractivity contribution >= 4 is 15.9 Å². The Morgan fingerprint density at radius 3 is 1.64 bits per heavy atom. The zero-order valence-corrected chi connectivity index (χ0v) is 10.2. The van der Waals surface area contributed by atoms with Gasteiger partial charge in [0.1, 0.15) is 0 Å². The van der Waals surface area contributed by atoms with E-state index in [1.807, 2.05) is 51.4 Å². The van der Waals surface area contributed by atoms with Crippen LogP contribution in [-0.2, 0) is 17.1 Å². The van der Waals surface area contributed by atoms with E-state index in [4.69, 9.17) is 5.11 Å². The molecule has 2 rings (SSSR count). The molecular weight excluding hydrogens is 284 g/mol. The molecule has 0 aromatic heterocycles. The molecule has 10 radical (unpaired) electrons. The van der Waals surface area contributed by atoms with Crippen LogP contribution in [-0.4, -0.2) is 11.7 Å². The van der Waals surface area contributed by atoms with Crippen molar-refractivity contribution in [1.82, 2.24) is 0 Å². The van der Waals surface area contributed by atoms with Gasteiger partial charge in [0.05, 0.1) is 11.4 Å². The molecule has 1 N–H and O–H groups in total. The van der Waals surface area contributed by atoms with E-state index in [-0.39, 0.29) is 23.7 Å². The molecule has 1 nitrogen and oxygen atoms in total. The molecule has 14 heavy (non-hydrogen) atoms. The minimum absolute atomic E-state index is 0. The van der Waals surface area contributed by atoms with Crippen LogP contribution >= 0.6 is 15.9 Å². The van der Waals surface area contributed by atoms with Gasteiger partial charge < -0.3 is 5.11 Å². The molecule has 2 aliphatic carbocycles. The first-order valence-electron chi connectivity index (χ1n) is 4.02. The summed E-state index contributed by atoms with van der Waals surface area (Å²) in [5.41, 5.74) is 0. The molecule has 3 heteroatoms. The van der Waals surface area contributed by atoms with E-state index in [2.05, 4.69) is 15.9 Å². The summed E-state index contributed by atoms with van der Waals surface area (Å²) < 4.78 is 0. The van der Waals surface area contributed by atoms with E-state index < -0.39 is 0 Å². The summed E-state index contributed by atoms with van der Waals surface area (Å²) in [5.74, 6) is 0.949. The summed E-state index contributed by atoms with van der Waals surface area (Å²) in [7, 11) is 0. The van der Waals surface area contributed by atoms with Crippen LogP contribution in [0.25, 0.3) is 0 Å². The number of aliphatic hydroxyl groups is 1. The second-order valence-electron chi connectivity index (χ2n) is 2.52. The Hall–Kier alpha value is 0.959. The van der Waals surface area contributed by atoms with E-state index in [1.54, 1.807) is 0 Å². The van der Waals surface area contributed by atoms with Gasteiger partial charge in [-0.1, -0.05) is 15.9 Å². The average Bonchev–Trinajstić information content (AvgIpc) is 2.76. The molecule has 0 heterocycles. The monoisotopic (exact) mass is 294 g/mol. The third-order valence-corrected chi connectivity index (χ3v) is 2.35. The maximum atomic E-state index is 8.58. The summed E-state index contributed by atoms with van der Waals surface area (Å²) in [6.45, 7) is 0.119. The van der Waals surface area contributed by atoms with Crippen molar-refractivity contribution in [2.45, 2.75) is 0 Å². The maximum absolute atomic E-state index is 8.58. The van der Waals surface area contributed by atoms with Crippen LogP contribution < -0.4 is 0 Å². The van der Waals surface area contributed by atoms with E-state index >= 15 is 0 Å². The number of halogens is 1. The minimum atomic E-state index is 0. The molecule has 2 aliphatic rings. The van der Waals surface area contributed by atoms with E-state index in [0.717, 1.165) is 10.7 Å². The summed E-state index contributed by atoms with van der Waals surface area (Å²) in [6.07, 6.45) is 15.7. The molecule has 2 saturated carbocycles. The number of aliphatic hydroxyl groups excluding tert-OH is 1. The van der Waals surface area contributed by atoms with Gasteiger partial charge in [0.2, 0.25) is 0 Å². The van der Waals surface area contributed by atoms with Crippen molar-refractivity contribution in [2.75, 3.05) is 6.61 Å². The van der Waals surface area contributed by atoms with Crippen LogP contribution in [0, 0.1) is 62.1 Å². The number of hydrogen-bond acceptors (Lipinski definition) is 1. The van der Waals surface area contributed by atoms with E-state index in [9.17, 15) is 0 Å². The fourth-order valence-electron chi connectivity index (χ4n) is 0.884. The predicted molar refractivity (Wildman–Crippen MR) is 56.9 cm³/mol. The maximum Gasteiger partial charge on any atom is 2.00 e. The predicted octanol–water partition coefficient (Wildman–Crippen LogP) is 2.13. The molecule has 0 unspecified atom stereocenters. The molecule has 0 bridgehead atoms. The Morgan fingerprint density at radius 1 is 0.929 bits per heavy atom. The van der Waals surface area contributed by atoms with Gasteiger partial charge in [0.25, 0.3) is 0 Å². The second kappa shape index (κ2) is 9.20. The first-order chi connectivity index (χ1) is 6.34. The molecule has 0 spiro atoms. The van der Waals surface area contributed by atoms with Gasteiger partial charge in [0, 0.05) is 5.92 Å². The van der Waals surface area contributed by atoms with Crippen molar-refractivity contribution in [1.29, 1.82) is 0 Å². The molecule has 74 valence electrons. The summed E-state index contributed by atoms with van der Waals surface area (Å²) in [4.78, 5) is 0.986. The Kier molecular flexibility index (Phi) is 9.84. The quantitative estimate of drug-likeness (QED) is 0.735. The van der Waals surface area contributed by atoms with Gasteiger partial charge in [0.15, 0.2) is 0 Å². The van der Waals surface area contributed by atoms with Crippen LogP contribution in [0.5, 0.6) is 0 Å². The molecule has 0 aromatic carbocycles. The third kappa shape index (κ3) is 5.75. The van der Waals surface area contributed by atoms with E-state index in [0.29, 0.717) is 0 Å². The van der Waals surface area contributed by atoms with E-state index in [1.165, 1.54) is 0 Å². The number of rotatable bonds is 1. The molecule has 0 aromatic rings. The van der Waals surface area contributed by atoms with Crippen LogP contribution in [0.2, 0.25) is 0 Å². The van der Waals surface area contributed by atoms with Crippen molar-refractivity contribution < 1.29 is 22.2 Å². The van der Waals surface area contributed by atoms with Crippen molar-refractivity contribution in [3.8, 4) is 0 Å². The minimum Gasteiger partial charge on any atom is -0.396 e. The van der Waals surface area contributed by atoms with Crippen LogP contribution in [0.3, 0.4) is 0 Å². The normalized spacial score (nSPS) is 22.7. The van der Waals surface area contributed by atoms with Gasteiger partial charge in [-0.25, -0.2) is 0 Å². The smallest absolute Gasteiger partial charge is 0.396 e. The standard InChI is InChI=1S/C6H6BrO.C5H5.Fe/c7-6-3-1-2-5(6)4-8;1-2-4-5-3-1;/h1-3,8H,4H2;1-5H;/q;;+2. The zero-order chi connectivity index (χ0) is 9.52. The average molecular weight is 295 g/mol. The van der Waals surface area contributed by atoms with Gasteiger partial charge >= 0.3 is 17.1 Å². The Labute approximate surface area is 107 Å². The SMILES string of the molecule is OC[C]1[CH][CH][CH][C]1Br.[CH]1[CH][CH][CH][CH]1.[Fe+2]. The summed E-state index contributed by atoms with van der Waals surface area (Å²) in [6, 6.07) is 0. The molecule has 0 aliphatic heterocycles. The Bertz CT molecular complexity index is 121. The Morgan fingerprint density at radius 2 is 1.43 bits per heavy atom. The van der Waals surface area contributed by atoms with Crippen molar-refractivity contribution in [3.63, 3.8) is 0 Å². The van der Waals surface area contributed by atoms with Crippen molar-refractivity contribution in [3.05, 3.63) is 62.1 Å². The van der Waals surface area contributed by atoms with Crippen LogP contribution in [0.15, 0.2) is 0 Å². The van der Waals surface area contributed by atoms with Gasteiger partial charge in [-0.05, 0) is 51.4 Å². The molecule has 0 saturated heterocycles. The fourth-order valence-corrected chi connectivity index (χ4v) is 1.29. The fraction of sp³-hybridized carbons (Fsp3) is 0.0909.